The molecule has 0 unspecified atom stereocenters. The molecule has 1 saturated heterocycles. The van der Waals surface area contributed by atoms with Crippen LogP contribution in [0.5, 0.6) is 0 Å². The summed E-state index contributed by atoms with van der Waals surface area (Å²) in [5.41, 5.74) is 0. The van der Waals surface area contributed by atoms with E-state index in [4.69, 9.17) is 9.47 Å². The minimum atomic E-state index is 0.789. The van der Waals surface area contributed by atoms with Crippen LogP contribution < -0.4 is 0 Å². The highest BCUT2D eigenvalue weighted by Crippen LogP contribution is 2.08. The predicted molar refractivity (Wildman–Crippen MR) is 57.0 cm³/mol. The van der Waals surface area contributed by atoms with Crippen molar-refractivity contribution in [3.05, 3.63) is 12.5 Å². The summed E-state index contributed by atoms with van der Waals surface area (Å²) in [6.07, 6.45) is 3.59. The van der Waals surface area contributed by atoms with Gasteiger partial charge in [0, 0.05) is 13.1 Å². The first-order valence-corrected chi connectivity index (χ1v) is 5.49. The highest BCUT2D eigenvalue weighted by atomic mass is 16.5. The van der Waals surface area contributed by atoms with Crippen molar-refractivity contribution in [2.75, 3.05) is 32.9 Å². The summed E-state index contributed by atoms with van der Waals surface area (Å²) in [5.74, 6) is 0.810. The average molecular weight is 199 g/mol. The van der Waals surface area contributed by atoms with Gasteiger partial charge in [0.15, 0.2) is 5.88 Å². The van der Waals surface area contributed by atoms with Crippen LogP contribution in [0.2, 0.25) is 0 Å². The molecule has 0 bridgehead atoms. The van der Waals surface area contributed by atoms with E-state index in [-0.39, 0.29) is 0 Å². The maximum Gasteiger partial charge on any atom is 0.181 e. The van der Waals surface area contributed by atoms with Crippen molar-refractivity contribution in [1.82, 2.24) is 4.90 Å². The maximum absolute atomic E-state index is 5.56. The molecule has 1 aliphatic heterocycles. The van der Waals surface area contributed by atoms with Gasteiger partial charge in [-0.25, -0.2) is 0 Å². The molecule has 0 amide bonds. The van der Waals surface area contributed by atoms with E-state index in [1.807, 2.05) is 0 Å². The van der Waals surface area contributed by atoms with Gasteiger partial charge in [0.2, 0.25) is 0 Å². The van der Waals surface area contributed by atoms with Crippen molar-refractivity contribution < 1.29 is 9.47 Å². The third-order valence-electron chi connectivity index (χ3n) is 2.38. The van der Waals surface area contributed by atoms with Crippen LogP contribution in [0.3, 0.4) is 0 Å². The number of ether oxygens (including phenoxy) is 2. The third kappa shape index (κ3) is 4.01. The fourth-order valence-corrected chi connectivity index (χ4v) is 1.45. The van der Waals surface area contributed by atoms with E-state index in [1.165, 1.54) is 12.8 Å². The first-order valence-electron chi connectivity index (χ1n) is 5.49. The first-order chi connectivity index (χ1) is 6.84. The molecule has 0 spiro atoms. The monoisotopic (exact) mass is 199 g/mol. The topological polar surface area (TPSA) is 21.7 Å². The number of morpholine rings is 1. The molecule has 0 aliphatic carbocycles. The molecular formula is C11H21NO2. The first kappa shape index (κ1) is 11.4. The molecule has 82 valence electrons. The van der Waals surface area contributed by atoms with E-state index in [0.717, 1.165) is 45.2 Å². The van der Waals surface area contributed by atoms with E-state index in [9.17, 15) is 0 Å². The Bertz CT molecular complexity index is 165. The Balaban J connectivity index is 2.07. The van der Waals surface area contributed by atoms with Crippen LogP contribution in [0.4, 0.5) is 0 Å². The van der Waals surface area contributed by atoms with Gasteiger partial charge < -0.3 is 14.4 Å². The zero-order valence-corrected chi connectivity index (χ0v) is 9.13. The summed E-state index contributed by atoms with van der Waals surface area (Å²) in [6.45, 7) is 10.3. The lowest BCUT2D eigenvalue weighted by Crippen LogP contribution is -2.36. The van der Waals surface area contributed by atoms with Crippen molar-refractivity contribution in [2.45, 2.75) is 26.2 Å². The van der Waals surface area contributed by atoms with Gasteiger partial charge in [0.1, 0.15) is 0 Å². The number of unbranched alkanes of at least 4 members (excludes halogenated alkanes) is 2. The van der Waals surface area contributed by atoms with Crippen LogP contribution >= 0.6 is 0 Å². The van der Waals surface area contributed by atoms with Gasteiger partial charge in [-0.1, -0.05) is 19.8 Å². The van der Waals surface area contributed by atoms with Crippen LogP contribution in [-0.2, 0) is 9.47 Å². The zero-order chi connectivity index (χ0) is 10.2. The lowest BCUT2D eigenvalue weighted by Gasteiger charge is -2.29. The van der Waals surface area contributed by atoms with E-state index in [2.05, 4.69) is 18.4 Å². The molecule has 1 aliphatic rings. The lowest BCUT2D eigenvalue weighted by atomic mass is 10.3. The Kier molecular flexibility index (Phi) is 5.45. The molecule has 3 nitrogen and oxygen atoms in total. The SMILES string of the molecule is C=C(OCCCCC)N1CCOCC1. The Labute approximate surface area is 86.7 Å². The summed E-state index contributed by atoms with van der Waals surface area (Å²) in [7, 11) is 0. The molecule has 0 atom stereocenters. The van der Waals surface area contributed by atoms with Crippen molar-refractivity contribution in [2.24, 2.45) is 0 Å². The zero-order valence-electron chi connectivity index (χ0n) is 9.13. The molecule has 0 aromatic rings. The van der Waals surface area contributed by atoms with Gasteiger partial charge in [-0.2, -0.15) is 0 Å². The fourth-order valence-electron chi connectivity index (χ4n) is 1.45. The molecule has 0 aromatic carbocycles. The van der Waals surface area contributed by atoms with Crippen molar-refractivity contribution in [3.63, 3.8) is 0 Å². The quantitative estimate of drug-likeness (QED) is 0.482. The molecule has 1 rings (SSSR count). The Morgan fingerprint density at radius 1 is 1.36 bits per heavy atom. The largest absolute Gasteiger partial charge is 0.479 e. The van der Waals surface area contributed by atoms with E-state index in [0.29, 0.717) is 0 Å². The summed E-state index contributed by atoms with van der Waals surface area (Å²) >= 11 is 0. The summed E-state index contributed by atoms with van der Waals surface area (Å²) < 4.78 is 10.8. The minimum Gasteiger partial charge on any atom is -0.479 e. The van der Waals surface area contributed by atoms with Crippen LogP contribution in [0.15, 0.2) is 12.5 Å². The number of rotatable bonds is 6. The van der Waals surface area contributed by atoms with E-state index >= 15 is 0 Å². The fraction of sp³-hybridized carbons (Fsp3) is 0.818. The molecule has 1 fully saturated rings. The van der Waals surface area contributed by atoms with Crippen LogP contribution in [-0.4, -0.2) is 37.8 Å². The van der Waals surface area contributed by atoms with Crippen LogP contribution in [0.1, 0.15) is 26.2 Å². The van der Waals surface area contributed by atoms with E-state index in [1.54, 1.807) is 0 Å². The highest BCUT2D eigenvalue weighted by Gasteiger charge is 2.12. The highest BCUT2D eigenvalue weighted by molar-refractivity contribution is 4.84. The normalized spacial score (nSPS) is 16.8. The van der Waals surface area contributed by atoms with Gasteiger partial charge >= 0.3 is 0 Å². The van der Waals surface area contributed by atoms with Crippen molar-refractivity contribution >= 4 is 0 Å². The second-order valence-corrected chi connectivity index (χ2v) is 3.55. The second kappa shape index (κ2) is 6.71. The summed E-state index contributed by atoms with van der Waals surface area (Å²) in [6, 6.07) is 0. The third-order valence-corrected chi connectivity index (χ3v) is 2.38. The van der Waals surface area contributed by atoms with Crippen molar-refractivity contribution in [1.29, 1.82) is 0 Å². The Morgan fingerprint density at radius 3 is 2.71 bits per heavy atom. The Morgan fingerprint density at radius 2 is 2.07 bits per heavy atom. The smallest absolute Gasteiger partial charge is 0.181 e. The lowest BCUT2D eigenvalue weighted by molar-refractivity contribution is 0.0146. The number of hydrogen-bond acceptors (Lipinski definition) is 3. The molecule has 0 saturated carbocycles. The Hall–Kier alpha value is -0.700. The summed E-state index contributed by atoms with van der Waals surface area (Å²) in [4.78, 5) is 2.15. The van der Waals surface area contributed by atoms with Gasteiger partial charge in [-0.05, 0) is 13.0 Å². The number of nitrogens with zero attached hydrogens (tertiary/aromatic N) is 1. The van der Waals surface area contributed by atoms with Gasteiger partial charge in [-0.15, -0.1) is 0 Å². The van der Waals surface area contributed by atoms with E-state index < -0.39 is 0 Å². The molecular weight excluding hydrogens is 178 g/mol. The van der Waals surface area contributed by atoms with Crippen LogP contribution in [0.25, 0.3) is 0 Å². The molecule has 0 radical (unpaired) electrons. The molecule has 3 heteroatoms. The average Bonchev–Trinajstić information content (AvgIpc) is 2.25. The standard InChI is InChI=1S/C11H21NO2/c1-3-4-5-8-14-11(2)12-6-9-13-10-7-12/h2-10H2,1H3. The molecule has 0 N–H and O–H groups in total. The molecule has 14 heavy (non-hydrogen) atoms. The van der Waals surface area contributed by atoms with Crippen LogP contribution in [0, 0.1) is 0 Å². The van der Waals surface area contributed by atoms with Crippen molar-refractivity contribution in [3.8, 4) is 0 Å². The maximum atomic E-state index is 5.56. The second-order valence-electron chi connectivity index (χ2n) is 3.55. The molecule has 0 aromatic heterocycles. The van der Waals surface area contributed by atoms with Gasteiger partial charge in [-0.3, -0.25) is 0 Å². The predicted octanol–water partition coefficient (Wildman–Crippen LogP) is 2.00. The van der Waals surface area contributed by atoms with Gasteiger partial charge in [0.05, 0.1) is 19.8 Å². The number of hydrogen-bond donors (Lipinski definition) is 0. The molecule has 1 heterocycles. The van der Waals surface area contributed by atoms with Gasteiger partial charge in [0.25, 0.3) is 0 Å². The minimum absolute atomic E-state index is 0.789. The summed E-state index contributed by atoms with van der Waals surface area (Å²) in [5, 5.41) is 0.